The monoisotopic (exact) mass is 354 g/mol. The lowest BCUT2D eigenvalue weighted by atomic mass is 10.2. The van der Waals surface area contributed by atoms with Crippen LogP contribution in [0.4, 0.5) is 5.95 Å². The molecule has 1 unspecified atom stereocenters. The zero-order chi connectivity index (χ0) is 18.7. The van der Waals surface area contributed by atoms with Crippen molar-refractivity contribution in [2.75, 3.05) is 5.32 Å². The van der Waals surface area contributed by atoms with Crippen LogP contribution in [0, 0.1) is 0 Å². The molecular formula is C17H18N6O3. The maximum absolute atomic E-state index is 12.3. The Morgan fingerprint density at radius 2 is 1.85 bits per heavy atom. The van der Waals surface area contributed by atoms with E-state index in [0.717, 1.165) is 5.39 Å². The molecule has 0 spiro atoms. The third-order valence-corrected chi connectivity index (χ3v) is 3.61. The molecular weight excluding hydrogens is 336 g/mol. The van der Waals surface area contributed by atoms with E-state index in [1.807, 2.05) is 13.8 Å². The van der Waals surface area contributed by atoms with E-state index >= 15 is 0 Å². The summed E-state index contributed by atoms with van der Waals surface area (Å²) in [5.41, 5.74) is 0.931. The van der Waals surface area contributed by atoms with Gasteiger partial charge in [-0.25, -0.2) is 24.4 Å². The molecule has 0 aliphatic rings. The molecule has 0 bridgehead atoms. The van der Waals surface area contributed by atoms with Crippen molar-refractivity contribution in [2.24, 2.45) is 0 Å². The van der Waals surface area contributed by atoms with Gasteiger partial charge in [-0.15, -0.1) is 0 Å². The largest absolute Gasteiger partial charge is 0.449 e. The number of ether oxygens (including phenoxy) is 1. The molecule has 3 heterocycles. The number of pyridine rings is 1. The highest BCUT2D eigenvalue weighted by Crippen LogP contribution is 2.17. The molecule has 3 rings (SSSR count). The number of nitrogens with one attached hydrogen (secondary N) is 1. The number of hydrogen-bond acceptors (Lipinski definition) is 7. The molecule has 0 aliphatic heterocycles. The number of amides is 1. The maximum atomic E-state index is 12.3. The van der Waals surface area contributed by atoms with Crippen LogP contribution < -0.4 is 5.32 Å². The lowest BCUT2D eigenvalue weighted by molar-refractivity contribution is -0.123. The van der Waals surface area contributed by atoms with E-state index in [4.69, 9.17) is 4.74 Å². The predicted molar refractivity (Wildman–Crippen MR) is 93.5 cm³/mol. The Morgan fingerprint density at radius 1 is 1.12 bits per heavy atom. The molecule has 0 saturated heterocycles. The van der Waals surface area contributed by atoms with Gasteiger partial charge < -0.3 is 4.74 Å². The number of hydrogen-bond donors (Lipinski definition) is 1. The van der Waals surface area contributed by atoms with Gasteiger partial charge in [0.25, 0.3) is 5.91 Å². The molecule has 26 heavy (non-hydrogen) atoms. The highest BCUT2D eigenvalue weighted by Gasteiger charge is 2.20. The first kappa shape index (κ1) is 17.5. The molecule has 3 aromatic heterocycles. The van der Waals surface area contributed by atoms with Gasteiger partial charge in [0, 0.05) is 30.0 Å². The summed E-state index contributed by atoms with van der Waals surface area (Å²) < 4.78 is 6.96. The number of nitrogens with zero attached hydrogens (tertiary/aromatic N) is 5. The summed E-state index contributed by atoms with van der Waals surface area (Å²) in [6.07, 6.45) is 5.04. The summed E-state index contributed by atoms with van der Waals surface area (Å²) in [5, 5.41) is 7.46. The first-order chi connectivity index (χ1) is 12.5. The van der Waals surface area contributed by atoms with Gasteiger partial charge >= 0.3 is 5.97 Å². The highest BCUT2D eigenvalue weighted by molar-refractivity contribution is 5.97. The first-order valence-electron chi connectivity index (χ1n) is 8.08. The number of carbonyl (C=O) groups excluding carboxylic acids is 2. The van der Waals surface area contributed by atoms with E-state index < -0.39 is 18.0 Å². The van der Waals surface area contributed by atoms with Crippen LogP contribution in [0.3, 0.4) is 0 Å². The van der Waals surface area contributed by atoms with E-state index in [0.29, 0.717) is 5.65 Å². The summed E-state index contributed by atoms with van der Waals surface area (Å²) in [7, 11) is 0. The minimum absolute atomic E-state index is 0.143. The van der Waals surface area contributed by atoms with Crippen molar-refractivity contribution >= 4 is 28.9 Å². The Balaban J connectivity index is 1.69. The molecule has 1 atom stereocenters. The number of fused-ring (bicyclic) bond motifs is 1. The third-order valence-electron chi connectivity index (χ3n) is 3.61. The molecule has 0 saturated carbocycles. The van der Waals surface area contributed by atoms with Crippen molar-refractivity contribution in [3.8, 4) is 0 Å². The molecule has 0 aliphatic carbocycles. The number of aromatic nitrogens is 5. The van der Waals surface area contributed by atoms with Gasteiger partial charge in [-0.3, -0.25) is 10.1 Å². The molecule has 134 valence electrons. The van der Waals surface area contributed by atoms with Crippen LogP contribution in [0.15, 0.2) is 36.9 Å². The summed E-state index contributed by atoms with van der Waals surface area (Å²) in [5.74, 6) is -1.02. The number of rotatable bonds is 5. The fourth-order valence-electron chi connectivity index (χ4n) is 2.29. The van der Waals surface area contributed by atoms with E-state index in [1.165, 1.54) is 25.5 Å². The Bertz CT molecular complexity index is 938. The number of carbonyl (C=O) groups is 2. The van der Waals surface area contributed by atoms with E-state index in [-0.39, 0.29) is 17.6 Å². The Morgan fingerprint density at radius 3 is 2.54 bits per heavy atom. The van der Waals surface area contributed by atoms with E-state index in [1.54, 1.807) is 23.0 Å². The van der Waals surface area contributed by atoms with Crippen molar-refractivity contribution in [1.29, 1.82) is 0 Å². The SMILES string of the molecule is CC(OC(=O)c1cnc2c(cnn2C(C)C)c1)C(=O)Nc1ncccn1. The van der Waals surface area contributed by atoms with Crippen LogP contribution in [0.2, 0.25) is 0 Å². The van der Waals surface area contributed by atoms with Gasteiger partial charge in [-0.1, -0.05) is 0 Å². The molecule has 0 aromatic carbocycles. The molecule has 9 nitrogen and oxygen atoms in total. The summed E-state index contributed by atoms with van der Waals surface area (Å²) in [6.45, 7) is 5.46. The molecule has 3 aromatic rings. The van der Waals surface area contributed by atoms with Gasteiger partial charge in [0.1, 0.15) is 0 Å². The van der Waals surface area contributed by atoms with Crippen molar-refractivity contribution in [3.05, 3.63) is 42.5 Å². The average molecular weight is 354 g/mol. The molecule has 1 N–H and O–H groups in total. The van der Waals surface area contributed by atoms with Crippen LogP contribution in [0.5, 0.6) is 0 Å². The third kappa shape index (κ3) is 3.66. The quantitative estimate of drug-likeness (QED) is 0.697. The van der Waals surface area contributed by atoms with Crippen molar-refractivity contribution in [2.45, 2.75) is 32.9 Å². The average Bonchev–Trinajstić information content (AvgIpc) is 3.05. The molecule has 9 heteroatoms. The van der Waals surface area contributed by atoms with Crippen molar-refractivity contribution < 1.29 is 14.3 Å². The summed E-state index contributed by atoms with van der Waals surface area (Å²) in [6, 6.07) is 3.42. The second-order valence-electron chi connectivity index (χ2n) is 5.93. The van der Waals surface area contributed by atoms with E-state index in [9.17, 15) is 9.59 Å². The fraction of sp³-hybridized carbons (Fsp3) is 0.294. The van der Waals surface area contributed by atoms with Gasteiger partial charge in [0.15, 0.2) is 11.8 Å². The maximum Gasteiger partial charge on any atom is 0.340 e. The zero-order valence-corrected chi connectivity index (χ0v) is 14.6. The normalized spacial score (nSPS) is 12.2. The molecule has 1 amide bonds. The van der Waals surface area contributed by atoms with E-state index in [2.05, 4.69) is 25.4 Å². The van der Waals surface area contributed by atoms with Gasteiger partial charge in [0.05, 0.1) is 11.8 Å². The van der Waals surface area contributed by atoms with Crippen LogP contribution in [0.25, 0.3) is 11.0 Å². The fourth-order valence-corrected chi connectivity index (χ4v) is 2.29. The van der Waals surface area contributed by atoms with Gasteiger partial charge in [0.2, 0.25) is 5.95 Å². The second kappa shape index (κ2) is 7.26. The molecule has 0 radical (unpaired) electrons. The summed E-state index contributed by atoms with van der Waals surface area (Å²) in [4.78, 5) is 36.4. The van der Waals surface area contributed by atoms with Crippen molar-refractivity contribution in [1.82, 2.24) is 24.7 Å². The zero-order valence-electron chi connectivity index (χ0n) is 14.6. The number of anilines is 1. The smallest absolute Gasteiger partial charge is 0.340 e. The Kier molecular flexibility index (Phi) is 4.87. The molecule has 0 fully saturated rings. The lowest BCUT2D eigenvalue weighted by Gasteiger charge is -2.12. The second-order valence-corrected chi connectivity index (χ2v) is 5.93. The Labute approximate surface area is 149 Å². The first-order valence-corrected chi connectivity index (χ1v) is 8.08. The Hall–Kier alpha value is -3.36. The van der Waals surface area contributed by atoms with Crippen LogP contribution >= 0.6 is 0 Å². The van der Waals surface area contributed by atoms with Crippen LogP contribution in [0.1, 0.15) is 37.2 Å². The van der Waals surface area contributed by atoms with Crippen molar-refractivity contribution in [3.63, 3.8) is 0 Å². The lowest BCUT2D eigenvalue weighted by Crippen LogP contribution is -2.30. The van der Waals surface area contributed by atoms with Gasteiger partial charge in [-0.05, 0) is 32.9 Å². The minimum Gasteiger partial charge on any atom is -0.449 e. The van der Waals surface area contributed by atoms with Gasteiger partial charge in [-0.2, -0.15) is 5.10 Å². The highest BCUT2D eigenvalue weighted by atomic mass is 16.5. The minimum atomic E-state index is -1.01. The number of esters is 1. The standard InChI is InChI=1S/C17H18N6O3/c1-10(2)23-14-12(9-21-23)7-13(8-20-14)16(25)26-11(3)15(24)22-17-18-5-4-6-19-17/h4-11H,1-3H3,(H,18,19,22,24). The predicted octanol–water partition coefficient (Wildman–Crippen LogP) is 1.99. The van der Waals surface area contributed by atoms with Crippen LogP contribution in [-0.4, -0.2) is 42.7 Å². The topological polar surface area (TPSA) is 112 Å². The van der Waals surface area contributed by atoms with Crippen LogP contribution in [-0.2, 0) is 9.53 Å². The summed E-state index contributed by atoms with van der Waals surface area (Å²) >= 11 is 0.